The van der Waals surface area contributed by atoms with Crippen molar-refractivity contribution in [1.29, 1.82) is 0 Å². The van der Waals surface area contributed by atoms with E-state index in [1.165, 1.54) is 36.5 Å². The maximum atomic E-state index is 13.8. The Morgan fingerprint density at radius 3 is 2.73 bits per heavy atom. The van der Waals surface area contributed by atoms with Crippen LogP contribution in [0.4, 0.5) is 11.4 Å². The van der Waals surface area contributed by atoms with Gasteiger partial charge in [-0.2, -0.15) is 0 Å². The fourth-order valence-electron chi connectivity index (χ4n) is 4.41. The number of rotatable bonds is 9. The molecule has 4 aromatic rings. The summed E-state index contributed by atoms with van der Waals surface area (Å²) in [5, 5.41) is 26.1. The van der Waals surface area contributed by atoms with Crippen LogP contribution in [0.2, 0.25) is 0 Å². The SMILES string of the molecule is NC(=O)c1cccc(S(=O)(=O)c2ccc(NCC3(O)CCOCC3)c([N+](=O)[O-])c2)c1Oc1cnc2[nH]ccc2c1. The Morgan fingerprint density at radius 2 is 2.00 bits per heavy atom. The van der Waals surface area contributed by atoms with Crippen molar-refractivity contribution in [2.75, 3.05) is 25.1 Å². The molecule has 1 aliphatic rings. The summed E-state index contributed by atoms with van der Waals surface area (Å²) in [6.07, 6.45) is 3.73. The van der Waals surface area contributed by atoms with Crippen LogP contribution in [0, 0.1) is 10.1 Å². The highest BCUT2D eigenvalue weighted by molar-refractivity contribution is 7.91. The van der Waals surface area contributed by atoms with Crippen LogP contribution in [-0.4, -0.2) is 59.7 Å². The van der Waals surface area contributed by atoms with Gasteiger partial charge in [0.2, 0.25) is 9.84 Å². The summed E-state index contributed by atoms with van der Waals surface area (Å²) >= 11 is 0. The zero-order valence-electron chi connectivity index (χ0n) is 21.0. The van der Waals surface area contributed by atoms with Crippen LogP contribution in [0.1, 0.15) is 23.2 Å². The Morgan fingerprint density at radius 1 is 1.23 bits per heavy atom. The van der Waals surface area contributed by atoms with Crippen LogP contribution < -0.4 is 15.8 Å². The molecule has 0 unspecified atom stereocenters. The Balaban J connectivity index is 1.52. The first-order valence-corrected chi connectivity index (χ1v) is 13.7. The van der Waals surface area contributed by atoms with Crippen molar-refractivity contribution in [3.05, 3.63) is 76.6 Å². The fraction of sp³-hybridized carbons (Fsp3) is 0.231. The Labute approximate surface area is 228 Å². The molecule has 208 valence electrons. The quantitative estimate of drug-likeness (QED) is 0.172. The number of sulfone groups is 1. The minimum Gasteiger partial charge on any atom is -0.453 e. The number of benzene rings is 2. The summed E-state index contributed by atoms with van der Waals surface area (Å²) in [5.74, 6) is -1.12. The van der Waals surface area contributed by atoms with Gasteiger partial charge in [0, 0.05) is 50.2 Å². The molecular formula is C26H25N5O8S. The zero-order chi connectivity index (χ0) is 28.5. The van der Waals surface area contributed by atoms with Crippen molar-refractivity contribution in [3.63, 3.8) is 0 Å². The highest BCUT2D eigenvalue weighted by Gasteiger charge is 2.32. The fourth-order valence-corrected chi connectivity index (χ4v) is 5.84. The van der Waals surface area contributed by atoms with Crippen LogP contribution in [0.3, 0.4) is 0 Å². The van der Waals surface area contributed by atoms with Gasteiger partial charge in [-0.25, -0.2) is 13.4 Å². The maximum Gasteiger partial charge on any atom is 0.293 e. The van der Waals surface area contributed by atoms with Crippen LogP contribution in [0.25, 0.3) is 11.0 Å². The second-order valence-electron chi connectivity index (χ2n) is 9.32. The zero-order valence-corrected chi connectivity index (χ0v) is 21.8. The average Bonchev–Trinajstić information content (AvgIpc) is 3.40. The maximum absolute atomic E-state index is 13.8. The van der Waals surface area contributed by atoms with E-state index in [0.717, 1.165) is 6.07 Å². The second-order valence-corrected chi connectivity index (χ2v) is 11.2. The molecule has 3 heterocycles. The number of hydrogen-bond donors (Lipinski definition) is 4. The van der Waals surface area contributed by atoms with Gasteiger partial charge >= 0.3 is 0 Å². The largest absolute Gasteiger partial charge is 0.453 e. The summed E-state index contributed by atoms with van der Waals surface area (Å²) in [7, 11) is -4.46. The molecule has 5 N–H and O–H groups in total. The van der Waals surface area contributed by atoms with E-state index in [-0.39, 0.29) is 29.3 Å². The third kappa shape index (κ3) is 5.32. The van der Waals surface area contributed by atoms with Crippen molar-refractivity contribution in [2.45, 2.75) is 28.2 Å². The summed E-state index contributed by atoms with van der Waals surface area (Å²) in [5.41, 5.74) is 4.32. The lowest BCUT2D eigenvalue weighted by atomic mass is 9.94. The number of aromatic nitrogens is 2. The van der Waals surface area contributed by atoms with Gasteiger partial charge in [-0.05, 0) is 36.4 Å². The van der Waals surface area contributed by atoms with Gasteiger partial charge in [0.1, 0.15) is 22.0 Å². The smallest absolute Gasteiger partial charge is 0.293 e. The number of nitro groups is 1. The van der Waals surface area contributed by atoms with Crippen LogP contribution in [0.5, 0.6) is 11.5 Å². The molecule has 14 heteroatoms. The summed E-state index contributed by atoms with van der Waals surface area (Å²) < 4.78 is 38.7. The van der Waals surface area contributed by atoms with Crippen LogP contribution >= 0.6 is 0 Å². The number of anilines is 1. The Hall–Kier alpha value is -4.53. The summed E-state index contributed by atoms with van der Waals surface area (Å²) in [4.78, 5) is 29.7. The first-order valence-electron chi connectivity index (χ1n) is 12.2. The number of amides is 1. The van der Waals surface area contributed by atoms with Gasteiger partial charge in [0.05, 0.1) is 27.2 Å². The number of para-hydroxylation sites is 1. The molecule has 0 atom stereocenters. The number of nitrogens with one attached hydrogen (secondary N) is 2. The number of ether oxygens (including phenoxy) is 2. The van der Waals surface area contributed by atoms with E-state index in [1.807, 2.05) is 0 Å². The van der Waals surface area contributed by atoms with E-state index < -0.39 is 41.7 Å². The molecule has 1 fully saturated rings. The van der Waals surface area contributed by atoms with Gasteiger partial charge in [0.25, 0.3) is 11.6 Å². The van der Waals surface area contributed by atoms with Crippen LogP contribution in [0.15, 0.2) is 70.7 Å². The number of nitro benzene ring substituents is 1. The summed E-state index contributed by atoms with van der Waals surface area (Å²) in [6, 6.07) is 10.6. The lowest BCUT2D eigenvalue weighted by Gasteiger charge is -2.32. The van der Waals surface area contributed by atoms with Gasteiger partial charge < -0.3 is 30.6 Å². The number of aromatic amines is 1. The monoisotopic (exact) mass is 567 g/mol. The Kier molecular flexibility index (Phi) is 7.14. The lowest BCUT2D eigenvalue weighted by Crippen LogP contribution is -2.42. The average molecular weight is 568 g/mol. The molecule has 13 nitrogen and oxygen atoms in total. The molecule has 0 saturated carbocycles. The number of carbonyl (C=O) groups is 1. The van der Waals surface area contributed by atoms with Crippen molar-refractivity contribution in [2.24, 2.45) is 5.73 Å². The van der Waals surface area contributed by atoms with Crippen LogP contribution in [-0.2, 0) is 14.6 Å². The number of carbonyl (C=O) groups excluding carboxylic acids is 1. The molecule has 1 amide bonds. The van der Waals surface area contributed by atoms with Gasteiger partial charge in [-0.1, -0.05) is 6.07 Å². The van der Waals surface area contributed by atoms with Gasteiger partial charge in [-0.3, -0.25) is 14.9 Å². The highest BCUT2D eigenvalue weighted by atomic mass is 32.2. The molecule has 2 aromatic carbocycles. The number of primary amides is 1. The molecule has 40 heavy (non-hydrogen) atoms. The Bertz CT molecular complexity index is 1710. The van der Waals surface area contributed by atoms with Crippen molar-refractivity contribution < 1.29 is 32.7 Å². The third-order valence-corrected chi connectivity index (χ3v) is 8.41. The third-order valence-electron chi connectivity index (χ3n) is 6.64. The number of pyridine rings is 1. The highest BCUT2D eigenvalue weighted by Crippen LogP contribution is 2.38. The van der Waals surface area contributed by atoms with Gasteiger partial charge in [-0.15, -0.1) is 0 Å². The molecule has 2 aromatic heterocycles. The minimum absolute atomic E-state index is 0.0153. The lowest BCUT2D eigenvalue weighted by molar-refractivity contribution is -0.384. The predicted octanol–water partition coefficient (Wildman–Crippen LogP) is 3.15. The number of hydrogen-bond acceptors (Lipinski definition) is 10. The normalized spacial score (nSPS) is 15.0. The molecular weight excluding hydrogens is 542 g/mol. The molecule has 1 aliphatic heterocycles. The minimum atomic E-state index is -4.46. The number of nitrogens with zero attached hydrogens (tertiary/aromatic N) is 2. The molecule has 0 aliphatic carbocycles. The van der Waals surface area contributed by atoms with Crippen molar-refractivity contribution in [3.8, 4) is 11.5 Å². The predicted molar refractivity (Wildman–Crippen MR) is 143 cm³/mol. The van der Waals surface area contributed by atoms with Gasteiger partial charge in [0.15, 0.2) is 5.75 Å². The number of fused-ring (bicyclic) bond motifs is 1. The van der Waals surface area contributed by atoms with E-state index in [0.29, 0.717) is 37.1 Å². The standard InChI is InChI=1S/C26H25N5O8S/c27-24(32)19-2-1-3-22(23(19)39-17-12-16-6-9-28-25(16)29-14-17)40(36,37)18-4-5-20(21(13-18)31(34)35)30-15-26(33)7-10-38-11-8-26/h1-6,9,12-14,30,33H,7-8,10-11,15H2,(H2,27,32)(H,28,29). The molecule has 1 saturated heterocycles. The molecule has 0 radical (unpaired) electrons. The summed E-state index contributed by atoms with van der Waals surface area (Å²) in [6.45, 7) is 0.740. The number of aliphatic hydroxyl groups is 1. The molecule has 5 rings (SSSR count). The van der Waals surface area contributed by atoms with Crippen molar-refractivity contribution in [1.82, 2.24) is 9.97 Å². The van der Waals surface area contributed by atoms with E-state index in [4.69, 9.17) is 15.2 Å². The number of nitrogens with two attached hydrogens (primary N) is 1. The topological polar surface area (TPSA) is 200 Å². The first-order chi connectivity index (χ1) is 19.1. The van der Waals surface area contributed by atoms with E-state index in [9.17, 15) is 28.4 Å². The molecule has 0 bridgehead atoms. The van der Waals surface area contributed by atoms with E-state index >= 15 is 0 Å². The first kappa shape index (κ1) is 27.1. The second kappa shape index (κ2) is 10.6. The van der Waals surface area contributed by atoms with E-state index in [1.54, 1.807) is 18.3 Å². The van der Waals surface area contributed by atoms with Crippen molar-refractivity contribution >= 4 is 38.2 Å². The number of H-pyrrole nitrogens is 1. The molecule has 0 spiro atoms. The van der Waals surface area contributed by atoms with E-state index in [2.05, 4.69) is 15.3 Å².